The van der Waals surface area contributed by atoms with E-state index in [4.69, 9.17) is 9.84 Å². The van der Waals surface area contributed by atoms with Crippen molar-refractivity contribution in [2.75, 3.05) is 19.0 Å². The van der Waals surface area contributed by atoms with Crippen molar-refractivity contribution in [1.82, 2.24) is 9.88 Å². The standard InChI is InChI=1S/C22H25N3O4/c1-3-4-10-23-22(28)24-18-8-7-15-9-11-25(19(15)13-18)14-17-6-5-16(21(26)27)12-20(17)29-2/h5-9,11-13H,3-4,10,14H2,1-2H3,(H,26,27)(H2,23,24,28). The summed E-state index contributed by atoms with van der Waals surface area (Å²) in [4.78, 5) is 23.2. The molecule has 3 N–H and O–H groups in total. The van der Waals surface area contributed by atoms with Gasteiger partial charge < -0.3 is 25.0 Å². The molecule has 7 heteroatoms. The van der Waals surface area contributed by atoms with E-state index in [1.54, 1.807) is 12.1 Å². The van der Waals surface area contributed by atoms with Crippen LogP contribution in [0.3, 0.4) is 0 Å². The van der Waals surface area contributed by atoms with Gasteiger partial charge in [-0.1, -0.05) is 25.5 Å². The molecule has 0 saturated carbocycles. The third-order valence-corrected chi connectivity index (χ3v) is 4.72. The quantitative estimate of drug-likeness (QED) is 0.495. The lowest BCUT2D eigenvalue weighted by Gasteiger charge is -2.12. The summed E-state index contributed by atoms with van der Waals surface area (Å²) in [7, 11) is 1.53. The Hall–Kier alpha value is -3.48. The van der Waals surface area contributed by atoms with Gasteiger partial charge in [0.2, 0.25) is 0 Å². The summed E-state index contributed by atoms with van der Waals surface area (Å²) in [5.74, 6) is -0.467. The van der Waals surface area contributed by atoms with E-state index in [2.05, 4.69) is 17.6 Å². The molecule has 0 radical (unpaired) electrons. The number of rotatable bonds is 8. The molecule has 7 nitrogen and oxygen atoms in total. The largest absolute Gasteiger partial charge is 0.496 e. The Balaban J connectivity index is 1.82. The van der Waals surface area contributed by atoms with Gasteiger partial charge >= 0.3 is 12.0 Å². The molecule has 0 bridgehead atoms. The molecule has 0 aliphatic carbocycles. The molecule has 2 amide bonds. The third kappa shape index (κ3) is 4.87. The van der Waals surface area contributed by atoms with Gasteiger partial charge in [-0.05, 0) is 42.1 Å². The molecule has 0 aliphatic heterocycles. The molecule has 1 heterocycles. The van der Waals surface area contributed by atoms with Crippen molar-refractivity contribution in [3.8, 4) is 5.75 Å². The number of aromatic nitrogens is 1. The fourth-order valence-electron chi connectivity index (χ4n) is 3.15. The molecule has 29 heavy (non-hydrogen) atoms. The summed E-state index contributed by atoms with van der Waals surface area (Å²) < 4.78 is 7.41. The number of anilines is 1. The second kappa shape index (κ2) is 9.14. The fourth-order valence-corrected chi connectivity index (χ4v) is 3.15. The van der Waals surface area contributed by atoms with Crippen molar-refractivity contribution < 1.29 is 19.4 Å². The lowest BCUT2D eigenvalue weighted by atomic mass is 10.1. The van der Waals surface area contributed by atoms with Crippen LogP contribution in [-0.4, -0.2) is 35.3 Å². The number of amides is 2. The highest BCUT2D eigenvalue weighted by atomic mass is 16.5. The van der Waals surface area contributed by atoms with Crippen LogP contribution in [0.4, 0.5) is 10.5 Å². The lowest BCUT2D eigenvalue weighted by molar-refractivity contribution is 0.0696. The number of hydrogen-bond donors (Lipinski definition) is 3. The molecular formula is C22H25N3O4. The van der Waals surface area contributed by atoms with Gasteiger partial charge in [-0.2, -0.15) is 0 Å². The van der Waals surface area contributed by atoms with Crippen molar-refractivity contribution >= 4 is 28.6 Å². The van der Waals surface area contributed by atoms with Crippen LogP contribution in [0.1, 0.15) is 35.7 Å². The van der Waals surface area contributed by atoms with E-state index in [1.807, 2.05) is 35.0 Å². The minimum atomic E-state index is -0.991. The van der Waals surface area contributed by atoms with Crippen molar-refractivity contribution in [2.45, 2.75) is 26.3 Å². The van der Waals surface area contributed by atoms with Crippen LogP contribution in [0, 0.1) is 0 Å². The maximum absolute atomic E-state index is 12.0. The molecule has 2 aromatic carbocycles. The van der Waals surface area contributed by atoms with Crippen LogP contribution in [-0.2, 0) is 6.54 Å². The van der Waals surface area contributed by atoms with Gasteiger partial charge in [0.15, 0.2) is 0 Å². The molecule has 0 aliphatic rings. The Bertz CT molecular complexity index is 1030. The van der Waals surface area contributed by atoms with Crippen molar-refractivity contribution in [2.24, 2.45) is 0 Å². The highest BCUT2D eigenvalue weighted by Crippen LogP contribution is 2.25. The van der Waals surface area contributed by atoms with Gasteiger partial charge in [0, 0.05) is 24.0 Å². The number of hydrogen-bond acceptors (Lipinski definition) is 3. The summed E-state index contributed by atoms with van der Waals surface area (Å²) >= 11 is 0. The van der Waals surface area contributed by atoms with E-state index >= 15 is 0 Å². The number of carbonyl (C=O) groups is 2. The Kier molecular flexibility index (Phi) is 6.39. The number of urea groups is 1. The van der Waals surface area contributed by atoms with Crippen LogP contribution < -0.4 is 15.4 Å². The molecule has 0 saturated heterocycles. The average Bonchev–Trinajstić information content (AvgIpc) is 3.10. The van der Waals surface area contributed by atoms with Crippen LogP contribution in [0.5, 0.6) is 5.75 Å². The van der Waals surface area contributed by atoms with Gasteiger partial charge in [-0.3, -0.25) is 0 Å². The third-order valence-electron chi connectivity index (χ3n) is 4.72. The fraction of sp³-hybridized carbons (Fsp3) is 0.273. The number of carboxylic acids is 1. The van der Waals surface area contributed by atoms with Crippen LogP contribution in [0.25, 0.3) is 10.9 Å². The Morgan fingerprint density at radius 2 is 1.97 bits per heavy atom. The van der Waals surface area contributed by atoms with Gasteiger partial charge in [-0.15, -0.1) is 0 Å². The summed E-state index contributed by atoms with van der Waals surface area (Å²) in [5.41, 5.74) is 2.72. The second-order valence-corrected chi connectivity index (χ2v) is 6.78. The number of nitrogens with zero attached hydrogens (tertiary/aromatic N) is 1. The molecule has 3 aromatic rings. The topological polar surface area (TPSA) is 92.6 Å². The molecule has 0 fully saturated rings. The number of aromatic carboxylic acids is 1. The van der Waals surface area contributed by atoms with E-state index in [0.29, 0.717) is 24.5 Å². The highest BCUT2D eigenvalue weighted by Gasteiger charge is 2.11. The molecule has 0 spiro atoms. The maximum atomic E-state index is 12.0. The number of unbranched alkanes of at least 4 members (excludes halogenated alkanes) is 1. The summed E-state index contributed by atoms with van der Waals surface area (Å²) in [6.07, 6.45) is 3.93. The van der Waals surface area contributed by atoms with E-state index in [-0.39, 0.29) is 11.6 Å². The number of ether oxygens (including phenoxy) is 1. The SMILES string of the molecule is CCCCNC(=O)Nc1ccc2ccn(Cc3ccc(C(=O)O)cc3OC)c2c1. The summed E-state index contributed by atoms with van der Waals surface area (Å²) in [5, 5.41) is 15.9. The predicted octanol–water partition coefficient (Wildman–Crippen LogP) is 4.32. The maximum Gasteiger partial charge on any atom is 0.335 e. The molecular weight excluding hydrogens is 370 g/mol. The Morgan fingerprint density at radius 1 is 1.14 bits per heavy atom. The van der Waals surface area contributed by atoms with Crippen LogP contribution in [0.2, 0.25) is 0 Å². The molecule has 3 rings (SSSR count). The van der Waals surface area contributed by atoms with E-state index in [0.717, 1.165) is 29.3 Å². The van der Waals surface area contributed by atoms with Crippen molar-refractivity contribution in [3.63, 3.8) is 0 Å². The Morgan fingerprint density at radius 3 is 2.69 bits per heavy atom. The van der Waals surface area contributed by atoms with E-state index < -0.39 is 5.97 Å². The van der Waals surface area contributed by atoms with Crippen LogP contribution >= 0.6 is 0 Å². The minimum absolute atomic E-state index is 0.184. The van der Waals surface area contributed by atoms with Gasteiger partial charge in [0.1, 0.15) is 5.75 Å². The first-order valence-electron chi connectivity index (χ1n) is 9.55. The van der Waals surface area contributed by atoms with E-state index in [9.17, 15) is 9.59 Å². The molecule has 0 atom stereocenters. The number of methoxy groups -OCH3 is 1. The highest BCUT2D eigenvalue weighted by molar-refractivity contribution is 5.93. The number of carbonyl (C=O) groups excluding carboxylic acids is 1. The predicted molar refractivity (Wildman–Crippen MR) is 113 cm³/mol. The number of carboxylic acid groups (broad SMARTS) is 1. The Labute approximate surface area is 169 Å². The summed E-state index contributed by atoms with van der Waals surface area (Å²) in [6.45, 7) is 3.23. The normalized spacial score (nSPS) is 10.7. The minimum Gasteiger partial charge on any atom is -0.496 e. The monoisotopic (exact) mass is 395 g/mol. The van der Waals surface area contributed by atoms with Gasteiger partial charge in [0.25, 0.3) is 0 Å². The van der Waals surface area contributed by atoms with E-state index in [1.165, 1.54) is 13.2 Å². The zero-order valence-electron chi connectivity index (χ0n) is 16.6. The zero-order valence-corrected chi connectivity index (χ0v) is 16.6. The van der Waals surface area contributed by atoms with Gasteiger partial charge in [0.05, 0.1) is 24.7 Å². The molecule has 0 unspecified atom stereocenters. The number of fused-ring (bicyclic) bond motifs is 1. The molecule has 152 valence electrons. The number of benzene rings is 2. The first kappa shape index (κ1) is 20.3. The zero-order chi connectivity index (χ0) is 20.8. The van der Waals surface area contributed by atoms with Gasteiger partial charge in [-0.25, -0.2) is 9.59 Å². The van der Waals surface area contributed by atoms with Crippen molar-refractivity contribution in [3.05, 3.63) is 59.8 Å². The van der Waals surface area contributed by atoms with Crippen LogP contribution in [0.15, 0.2) is 48.7 Å². The first-order valence-corrected chi connectivity index (χ1v) is 9.55. The first-order chi connectivity index (χ1) is 14.0. The lowest BCUT2D eigenvalue weighted by Crippen LogP contribution is -2.29. The average molecular weight is 395 g/mol. The number of nitrogens with one attached hydrogen (secondary N) is 2. The summed E-state index contributed by atoms with van der Waals surface area (Å²) in [6, 6.07) is 12.4. The smallest absolute Gasteiger partial charge is 0.335 e. The van der Waals surface area contributed by atoms with Crippen molar-refractivity contribution in [1.29, 1.82) is 0 Å². The molecule has 1 aromatic heterocycles. The second-order valence-electron chi connectivity index (χ2n) is 6.78.